The van der Waals surface area contributed by atoms with Crippen molar-refractivity contribution in [1.29, 1.82) is 0 Å². The maximum atomic E-state index is 12.2. The first kappa shape index (κ1) is 23.7. The van der Waals surface area contributed by atoms with E-state index in [1.807, 2.05) is 19.1 Å². The first-order chi connectivity index (χ1) is 15.5. The van der Waals surface area contributed by atoms with E-state index in [2.05, 4.69) is 23.5 Å². The maximum absolute atomic E-state index is 12.2. The number of hydrogen-bond acceptors (Lipinski definition) is 5. The monoisotopic (exact) mass is 440 g/mol. The number of nitrogens with zero attached hydrogens (tertiary/aromatic N) is 2. The maximum Gasteiger partial charge on any atom is 0.253 e. The molecule has 4 atom stereocenters. The Bertz CT molecular complexity index is 808. The van der Waals surface area contributed by atoms with Crippen molar-refractivity contribution in [3.63, 3.8) is 0 Å². The molecule has 1 aromatic rings. The summed E-state index contributed by atoms with van der Waals surface area (Å²) >= 11 is 0. The van der Waals surface area contributed by atoms with Crippen molar-refractivity contribution in [2.45, 2.75) is 46.0 Å². The Kier molecular flexibility index (Phi) is 8.20. The van der Waals surface area contributed by atoms with Gasteiger partial charge in [0.1, 0.15) is 0 Å². The minimum absolute atomic E-state index is 0.0145. The zero-order valence-corrected chi connectivity index (χ0v) is 18.8. The van der Waals surface area contributed by atoms with Crippen LogP contribution in [-0.2, 0) is 19.2 Å². The predicted octanol–water partition coefficient (Wildman–Crippen LogP) is 3.58. The number of furan rings is 1. The molecule has 2 bridgehead atoms. The lowest BCUT2D eigenvalue weighted by Crippen LogP contribution is -2.33. The lowest BCUT2D eigenvalue weighted by molar-refractivity contribution is -0.141. The molecule has 7 nitrogen and oxygen atoms in total. The van der Waals surface area contributed by atoms with Gasteiger partial charge in [-0.1, -0.05) is 38.8 Å². The van der Waals surface area contributed by atoms with Crippen LogP contribution in [0.4, 0.5) is 0 Å². The molecular formula is C25H32N2O5. The fourth-order valence-electron chi connectivity index (χ4n) is 4.70. The summed E-state index contributed by atoms with van der Waals surface area (Å²) in [4.78, 5) is 48.9. The quantitative estimate of drug-likeness (QED) is 0.498. The Morgan fingerprint density at radius 1 is 0.781 bits per heavy atom. The Balaban J connectivity index is 0.000000156. The summed E-state index contributed by atoms with van der Waals surface area (Å²) in [7, 11) is 0. The van der Waals surface area contributed by atoms with Crippen LogP contribution in [0.1, 0.15) is 46.0 Å². The molecule has 3 heterocycles. The second-order valence-electron chi connectivity index (χ2n) is 8.49. The third-order valence-corrected chi connectivity index (χ3v) is 6.36. The normalized spacial score (nSPS) is 26.9. The van der Waals surface area contributed by atoms with E-state index < -0.39 is 0 Å². The number of fused-ring (bicyclic) bond motifs is 5. The number of carbonyl (C=O) groups excluding carboxylic acids is 4. The molecular weight excluding hydrogens is 408 g/mol. The molecule has 2 fully saturated rings. The van der Waals surface area contributed by atoms with Gasteiger partial charge in [-0.2, -0.15) is 0 Å². The van der Waals surface area contributed by atoms with Crippen LogP contribution in [0.25, 0.3) is 0 Å². The number of unbranched alkanes of at least 4 members (excludes halogenated alkanes) is 2. The van der Waals surface area contributed by atoms with Gasteiger partial charge in [-0.05, 0) is 43.2 Å². The summed E-state index contributed by atoms with van der Waals surface area (Å²) in [5, 5.41) is 0. The number of hydrogen-bond donors (Lipinski definition) is 0. The number of allylic oxidation sites excluding steroid dienone is 2. The average Bonchev–Trinajstić information content (AvgIpc) is 3.61. The highest BCUT2D eigenvalue weighted by Gasteiger charge is 2.58. The highest BCUT2D eigenvalue weighted by Crippen LogP contribution is 2.52. The molecule has 1 aromatic heterocycles. The molecule has 172 valence electrons. The highest BCUT2D eigenvalue weighted by molar-refractivity contribution is 6.12. The van der Waals surface area contributed by atoms with Crippen LogP contribution in [0.3, 0.4) is 0 Å². The minimum atomic E-state index is -0.177. The van der Waals surface area contributed by atoms with Gasteiger partial charge >= 0.3 is 0 Å². The second kappa shape index (κ2) is 11.1. The Labute approximate surface area is 189 Å². The van der Waals surface area contributed by atoms with Gasteiger partial charge in [0.05, 0.1) is 24.4 Å². The third kappa shape index (κ3) is 5.09. The van der Waals surface area contributed by atoms with Crippen LogP contribution in [0.5, 0.6) is 0 Å². The van der Waals surface area contributed by atoms with Crippen molar-refractivity contribution >= 4 is 23.6 Å². The number of rotatable bonds is 6. The third-order valence-electron chi connectivity index (χ3n) is 6.36. The van der Waals surface area contributed by atoms with Crippen LogP contribution in [0.2, 0.25) is 0 Å². The van der Waals surface area contributed by atoms with Crippen LogP contribution in [0, 0.1) is 23.7 Å². The van der Waals surface area contributed by atoms with Crippen molar-refractivity contribution in [3.05, 3.63) is 49.0 Å². The molecule has 1 saturated carbocycles. The smallest absolute Gasteiger partial charge is 0.253 e. The number of imide groups is 2. The van der Waals surface area contributed by atoms with E-state index in [1.165, 1.54) is 22.0 Å². The van der Waals surface area contributed by atoms with Gasteiger partial charge in [0.15, 0.2) is 0 Å². The standard InChI is InChI=1S/C13H17NO2.C8H11NO2.C4H4O/c1-2-3-6-14-12(15)10-8-4-5-9(7-8)11(10)13(14)16;1-2-3-6-9-7(10)4-5-8(9)11;1-2-4-5-3-1/h4-5,8-11H,2-3,6-7H2,1H3;4-5H,2-3,6H2,1H3;1-4H. The molecule has 1 saturated heterocycles. The fraction of sp³-hybridized carbons (Fsp3) is 0.520. The molecule has 7 heteroatoms. The zero-order chi connectivity index (χ0) is 23.1. The molecule has 4 unspecified atom stereocenters. The first-order valence-electron chi connectivity index (χ1n) is 11.5. The molecule has 0 N–H and O–H groups in total. The van der Waals surface area contributed by atoms with E-state index in [0.29, 0.717) is 24.9 Å². The summed E-state index contributed by atoms with van der Waals surface area (Å²) < 4.78 is 4.58. The van der Waals surface area contributed by atoms with Gasteiger partial charge in [0, 0.05) is 25.2 Å². The Morgan fingerprint density at radius 3 is 1.66 bits per heavy atom. The Morgan fingerprint density at radius 2 is 1.25 bits per heavy atom. The number of amides is 4. The minimum Gasteiger partial charge on any atom is -0.473 e. The average molecular weight is 441 g/mol. The molecule has 32 heavy (non-hydrogen) atoms. The lowest BCUT2D eigenvalue weighted by Gasteiger charge is -2.16. The predicted molar refractivity (Wildman–Crippen MR) is 119 cm³/mol. The van der Waals surface area contributed by atoms with Crippen molar-refractivity contribution in [1.82, 2.24) is 9.80 Å². The molecule has 2 aliphatic heterocycles. The van der Waals surface area contributed by atoms with E-state index in [9.17, 15) is 19.2 Å². The van der Waals surface area contributed by atoms with E-state index in [-0.39, 0.29) is 35.5 Å². The van der Waals surface area contributed by atoms with E-state index in [4.69, 9.17) is 0 Å². The molecule has 0 spiro atoms. The molecule has 5 rings (SSSR count). The number of likely N-dealkylation sites (tertiary alicyclic amines) is 1. The Hall–Kier alpha value is -2.96. The van der Waals surface area contributed by atoms with Crippen LogP contribution in [-0.4, -0.2) is 46.5 Å². The zero-order valence-electron chi connectivity index (χ0n) is 18.8. The summed E-state index contributed by atoms with van der Waals surface area (Å²) in [5.41, 5.74) is 0. The summed E-state index contributed by atoms with van der Waals surface area (Å²) in [6, 6.07) is 3.67. The van der Waals surface area contributed by atoms with Crippen molar-refractivity contribution in [2.75, 3.05) is 13.1 Å². The van der Waals surface area contributed by atoms with Crippen molar-refractivity contribution in [3.8, 4) is 0 Å². The van der Waals surface area contributed by atoms with Gasteiger partial charge in [-0.15, -0.1) is 0 Å². The lowest BCUT2D eigenvalue weighted by atomic mass is 9.85. The molecule has 0 radical (unpaired) electrons. The summed E-state index contributed by atoms with van der Waals surface area (Å²) in [6.07, 6.45) is 15.0. The van der Waals surface area contributed by atoms with Crippen LogP contribution in [0.15, 0.2) is 53.4 Å². The van der Waals surface area contributed by atoms with E-state index >= 15 is 0 Å². The molecule has 4 aliphatic rings. The summed E-state index contributed by atoms with van der Waals surface area (Å²) in [6.45, 7) is 5.29. The van der Waals surface area contributed by atoms with E-state index in [1.54, 1.807) is 12.5 Å². The van der Waals surface area contributed by atoms with Gasteiger partial charge in [-0.3, -0.25) is 29.0 Å². The van der Waals surface area contributed by atoms with Crippen molar-refractivity contribution < 1.29 is 23.6 Å². The largest absolute Gasteiger partial charge is 0.473 e. The van der Waals surface area contributed by atoms with Gasteiger partial charge in [-0.25, -0.2) is 0 Å². The first-order valence-corrected chi connectivity index (χ1v) is 11.5. The van der Waals surface area contributed by atoms with Gasteiger partial charge in [0.25, 0.3) is 11.8 Å². The second-order valence-corrected chi connectivity index (χ2v) is 8.49. The van der Waals surface area contributed by atoms with Crippen LogP contribution >= 0.6 is 0 Å². The van der Waals surface area contributed by atoms with Gasteiger partial charge < -0.3 is 4.42 Å². The van der Waals surface area contributed by atoms with Gasteiger partial charge in [0.2, 0.25) is 11.8 Å². The fourth-order valence-corrected chi connectivity index (χ4v) is 4.70. The molecule has 2 aliphatic carbocycles. The number of carbonyl (C=O) groups is 4. The van der Waals surface area contributed by atoms with Crippen LogP contribution < -0.4 is 0 Å². The van der Waals surface area contributed by atoms with E-state index in [0.717, 1.165) is 32.1 Å². The molecule has 0 aromatic carbocycles. The highest BCUT2D eigenvalue weighted by atomic mass is 16.3. The SMILES string of the molecule is CCCCN1C(=O)C2C3C=CC(C3)C2C1=O.CCCCN1C(=O)C=CC1=O.c1ccoc1. The molecule has 4 amide bonds. The topological polar surface area (TPSA) is 87.9 Å². The summed E-state index contributed by atoms with van der Waals surface area (Å²) in [5.74, 6) is 0.502. The van der Waals surface area contributed by atoms with Crippen molar-refractivity contribution in [2.24, 2.45) is 23.7 Å².